The fraction of sp³-hybridized carbons (Fsp3) is 0.500. The molecule has 0 aromatic heterocycles. The van der Waals surface area contributed by atoms with Crippen LogP contribution in [-0.4, -0.2) is 68.8 Å². The Bertz CT molecular complexity index is 327. The molecule has 102 valence electrons. The van der Waals surface area contributed by atoms with Gasteiger partial charge in [-0.05, 0) is 0 Å². The van der Waals surface area contributed by atoms with Gasteiger partial charge in [0.25, 0.3) is 11.8 Å². The number of nitrogens with zero attached hydrogens (tertiary/aromatic N) is 2. The van der Waals surface area contributed by atoms with Crippen LogP contribution in [-0.2, 0) is 19.2 Å². The number of carbonyl (C=O) groups excluding carboxylic acids is 2. The van der Waals surface area contributed by atoms with Crippen molar-refractivity contribution in [3.8, 4) is 0 Å². The van der Waals surface area contributed by atoms with Gasteiger partial charge in [0.15, 0.2) is 0 Å². The Hall–Kier alpha value is -1.54. The van der Waals surface area contributed by atoms with Gasteiger partial charge < -0.3 is 10.2 Å². The fourth-order valence-corrected chi connectivity index (χ4v) is 1.29. The topological polar surface area (TPSA) is 115 Å². The molecule has 8 nitrogen and oxygen atoms in total. The number of carboxylic acid groups (broad SMARTS) is 2. The summed E-state index contributed by atoms with van der Waals surface area (Å²) in [5.41, 5.74) is 0. The number of carbonyl (C=O) groups is 4. The molecule has 0 aromatic carbocycles. The highest BCUT2D eigenvalue weighted by Gasteiger charge is 2.28. The lowest BCUT2D eigenvalue weighted by atomic mass is 10.5. The third-order valence-corrected chi connectivity index (χ3v) is 2.12. The summed E-state index contributed by atoms with van der Waals surface area (Å²) in [6, 6.07) is 0. The molecule has 0 aliphatic carbocycles. The quantitative estimate of drug-likeness (QED) is 0.490. The lowest BCUT2D eigenvalue weighted by molar-refractivity contribution is -0.170. The predicted molar refractivity (Wildman–Crippen MR) is 60.1 cm³/mol. The number of hydrogen-bond donors (Lipinski definition) is 2. The van der Waals surface area contributed by atoms with E-state index in [-0.39, 0.29) is 0 Å². The standard InChI is InChI=1S/C8H10Cl2N2O6/c9-1-5(13)11(3-7(15)16)12(4-8(17)18)6(14)2-10/h1-4H2,(H,15,16)(H,17,18). The third kappa shape index (κ3) is 5.19. The summed E-state index contributed by atoms with van der Waals surface area (Å²) in [6.07, 6.45) is 0. The summed E-state index contributed by atoms with van der Waals surface area (Å²) >= 11 is 10.5. The van der Waals surface area contributed by atoms with E-state index >= 15 is 0 Å². The van der Waals surface area contributed by atoms with Gasteiger partial charge in [-0.2, -0.15) is 0 Å². The average Bonchev–Trinajstić information content (AvgIpc) is 2.30. The van der Waals surface area contributed by atoms with E-state index in [1.165, 1.54) is 0 Å². The van der Waals surface area contributed by atoms with Crippen LogP contribution in [0.15, 0.2) is 0 Å². The average molecular weight is 301 g/mol. The molecule has 0 atom stereocenters. The van der Waals surface area contributed by atoms with Gasteiger partial charge in [-0.3, -0.25) is 19.2 Å². The zero-order chi connectivity index (χ0) is 14.3. The largest absolute Gasteiger partial charge is 0.480 e. The first kappa shape index (κ1) is 16.5. The van der Waals surface area contributed by atoms with E-state index in [0.29, 0.717) is 10.0 Å². The van der Waals surface area contributed by atoms with E-state index in [0.717, 1.165) is 0 Å². The highest BCUT2D eigenvalue weighted by atomic mass is 35.5. The third-order valence-electron chi connectivity index (χ3n) is 1.67. The van der Waals surface area contributed by atoms with Crippen LogP contribution in [0.5, 0.6) is 0 Å². The molecule has 0 fully saturated rings. The van der Waals surface area contributed by atoms with Gasteiger partial charge in [0, 0.05) is 0 Å². The number of alkyl halides is 2. The monoisotopic (exact) mass is 300 g/mol. The van der Waals surface area contributed by atoms with Gasteiger partial charge in [0.1, 0.15) is 24.8 Å². The zero-order valence-corrected chi connectivity index (χ0v) is 10.5. The Kier molecular flexibility index (Phi) is 7.06. The van der Waals surface area contributed by atoms with Gasteiger partial charge in [0.05, 0.1) is 0 Å². The SMILES string of the molecule is O=C(O)CN(C(=O)CCl)N(CC(=O)O)C(=O)CCl. The normalized spacial score (nSPS) is 9.67. The first-order chi connectivity index (χ1) is 8.33. The molecule has 18 heavy (non-hydrogen) atoms. The second-order valence-electron chi connectivity index (χ2n) is 2.96. The summed E-state index contributed by atoms with van der Waals surface area (Å²) < 4.78 is 0. The van der Waals surface area contributed by atoms with Gasteiger partial charge in [-0.15, -0.1) is 23.2 Å². The van der Waals surface area contributed by atoms with Crippen LogP contribution >= 0.6 is 23.2 Å². The first-order valence-corrected chi connectivity index (χ1v) is 5.56. The van der Waals surface area contributed by atoms with E-state index in [1.807, 2.05) is 0 Å². The lowest BCUT2D eigenvalue weighted by Gasteiger charge is -2.31. The van der Waals surface area contributed by atoms with E-state index in [9.17, 15) is 19.2 Å². The molecular weight excluding hydrogens is 291 g/mol. The zero-order valence-electron chi connectivity index (χ0n) is 9.01. The summed E-state index contributed by atoms with van der Waals surface area (Å²) in [6.45, 7) is -1.77. The molecule has 0 aliphatic heterocycles. The number of amides is 2. The maximum Gasteiger partial charge on any atom is 0.325 e. The molecule has 0 heterocycles. The molecule has 0 aliphatic rings. The van der Waals surface area contributed by atoms with Crippen LogP contribution < -0.4 is 0 Å². The van der Waals surface area contributed by atoms with Gasteiger partial charge >= 0.3 is 11.9 Å². The molecule has 0 aromatic rings. The van der Waals surface area contributed by atoms with Crippen LogP contribution in [0.4, 0.5) is 0 Å². The van der Waals surface area contributed by atoms with Crippen LogP contribution in [0.2, 0.25) is 0 Å². The number of hydrazine groups is 1. The Balaban J connectivity index is 5.17. The second kappa shape index (κ2) is 7.72. The predicted octanol–water partition coefficient (Wildman–Crippen LogP) is -0.795. The van der Waals surface area contributed by atoms with E-state index in [1.54, 1.807) is 0 Å². The summed E-state index contributed by atoms with van der Waals surface area (Å²) in [4.78, 5) is 43.9. The van der Waals surface area contributed by atoms with Crippen LogP contribution in [0.3, 0.4) is 0 Å². The molecule has 0 saturated heterocycles. The number of rotatable bonds is 6. The molecule has 0 saturated carbocycles. The molecule has 0 bridgehead atoms. The minimum atomic E-state index is -1.42. The molecular formula is C8H10Cl2N2O6. The van der Waals surface area contributed by atoms with Crippen molar-refractivity contribution in [1.82, 2.24) is 10.0 Å². The number of aliphatic carboxylic acids is 2. The van der Waals surface area contributed by atoms with E-state index < -0.39 is 48.6 Å². The number of carboxylic acids is 2. The summed E-state index contributed by atoms with van der Waals surface area (Å²) in [5.74, 6) is -5.88. The highest BCUT2D eigenvalue weighted by molar-refractivity contribution is 6.28. The Morgan fingerprint density at radius 3 is 1.22 bits per heavy atom. The first-order valence-electron chi connectivity index (χ1n) is 4.49. The molecule has 0 spiro atoms. The molecule has 0 unspecified atom stereocenters. The van der Waals surface area contributed by atoms with Crippen molar-refractivity contribution < 1.29 is 29.4 Å². The molecule has 0 radical (unpaired) electrons. The van der Waals surface area contributed by atoms with Crippen molar-refractivity contribution in [2.45, 2.75) is 0 Å². The maximum atomic E-state index is 11.4. The van der Waals surface area contributed by atoms with Gasteiger partial charge in [-0.25, -0.2) is 10.0 Å². The van der Waals surface area contributed by atoms with Crippen LogP contribution in [0.1, 0.15) is 0 Å². The minimum absolute atomic E-state index is 0.439. The van der Waals surface area contributed by atoms with Crippen molar-refractivity contribution in [1.29, 1.82) is 0 Å². The molecule has 10 heteroatoms. The molecule has 0 rings (SSSR count). The Labute approximate surface area is 112 Å². The molecule has 2 N–H and O–H groups in total. The second-order valence-corrected chi connectivity index (χ2v) is 3.49. The van der Waals surface area contributed by atoms with E-state index in [4.69, 9.17) is 33.4 Å². The smallest absolute Gasteiger partial charge is 0.325 e. The number of halogens is 2. The van der Waals surface area contributed by atoms with Gasteiger partial charge in [0.2, 0.25) is 0 Å². The van der Waals surface area contributed by atoms with Crippen molar-refractivity contribution in [2.24, 2.45) is 0 Å². The fourth-order valence-electron chi connectivity index (χ4n) is 1.01. The van der Waals surface area contributed by atoms with Gasteiger partial charge in [-0.1, -0.05) is 0 Å². The Morgan fingerprint density at radius 1 is 0.778 bits per heavy atom. The lowest BCUT2D eigenvalue weighted by Crippen LogP contribution is -2.54. The van der Waals surface area contributed by atoms with Crippen molar-refractivity contribution in [3.63, 3.8) is 0 Å². The van der Waals surface area contributed by atoms with Crippen molar-refractivity contribution in [2.75, 3.05) is 24.8 Å². The minimum Gasteiger partial charge on any atom is -0.480 e. The van der Waals surface area contributed by atoms with Crippen LogP contribution in [0, 0.1) is 0 Å². The van der Waals surface area contributed by atoms with Crippen LogP contribution in [0.25, 0.3) is 0 Å². The maximum absolute atomic E-state index is 11.4. The Morgan fingerprint density at radius 2 is 1.06 bits per heavy atom. The van der Waals surface area contributed by atoms with Crippen molar-refractivity contribution >= 4 is 47.0 Å². The summed E-state index contributed by atoms with van der Waals surface area (Å²) in [5, 5.41) is 18.1. The summed E-state index contributed by atoms with van der Waals surface area (Å²) in [7, 11) is 0. The van der Waals surface area contributed by atoms with E-state index in [2.05, 4.69) is 0 Å². The van der Waals surface area contributed by atoms with Crippen molar-refractivity contribution in [3.05, 3.63) is 0 Å². The highest BCUT2D eigenvalue weighted by Crippen LogP contribution is 2.03. The number of hydrogen-bond acceptors (Lipinski definition) is 4. The molecule has 2 amide bonds.